The molecule has 0 amide bonds. The van der Waals surface area contributed by atoms with E-state index in [0.29, 0.717) is 5.75 Å². The van der Waals surface area contributed by atoms with Gasteiger partial charge in [-0.05, 0) is 47.7 Å². The van der Waals surface area contributed by atoms with Gasteiger partial charge < -0.3 is 9.84 Å². The molecule has 1 unspecified atom stereocenters. The minimum absolute atomic E-state index is 0.579. The molecule has 0 aliphatic heterocycles. The standard InChI is InChI=1S/C9H8BrIO3/c1-5(9(12)13)14-8-4-6(10)2-3-7(8)11/h2-5H,1H3,(H,12,13). The monoisotopic (exact) mass is 370 g/mol. The molecule has 0 fully saturated rings. The van der Waals surface area contributed by atoms with Crippen molar-refractivity contribution < 1.29 is 14.6 Å². The van der Waals surface area contributed by atoms with Crippen LogP contribution in [0.1, 0.15) is 6.92 Å². The fourth-order valence-corrected chi connectivity index (χ4v) is 1.61. The van der Waals surface area contributed by atoms with Crippen LogP contribution in [-0.2, 0) is 4.79 Å². The van der Waals surface area contributed by atoms with E-state index in [4.69, 9.17) is 9.84 Å². The first kappa shape index (κ1) is 11.8. The third-order valence-corrected chi connectivity index (χ3v) is 2.93. The lowest BCUT2D eigenvalue weighted by atomic mass is 10.3. The lowest BCUT2D eigenvalue weighted by Gasteiger charge is -2.11. The van der Waals surface area contributed by atoms with Crippen molar-refractivity contribution in [2.45, 2.75) is 13.0 Å². The molecule has 1 rings (SSSR count). The molecular weight excluding hydrogens is 363 g/mol. The molecular formula is C9H8BrIO3. The van der Waals surface area contributed by atoms with Crippen molar-refractivity contribution >= 4 is 44.5 Å². The van der Waals surface area contributed by atoms with Crippen molar-refractivity contribution in [2.24, 2.45) is 0 Å². The Balaban J connectivity index is 2.85. The van der Waals surface area contributed by atoms with Crippen molar-refractivity contribution in [3.8, 4) is 5.75 Å². The van der Waals surface area contributed by atoms with E-state index in [0.717, 1.165) is 8.04 Å². The van der Waals surface area contributed by atoms with E-state index in [1.165, 1.54) is 6.92 Å². The second kappa shape index (κ2) is 4.97. The fraction of sp³-hybridized carbons (Fsp3) is 0.222. The molecule has 1 aromatic carbocycles. The van der Waals surface area contributed by atoms with Crippen LogP contribution in [0.25, 0.3) is 0 Å². The summed E-state index contributed by atoms with van der Waals surface area (Å²) in [6.45, 7) is 1.50. The lowest BCUT2D eigenvalue weighted by molar-refractivity contribution is -0.144. The Hall–Kier alpha value is -0.300. The van der Waals surface area contributed by atoms with E-state index in [-0.39, 0.29) is 0 Å². The number of rotatable bonds is 3. The molecule has 1 aromatic rings. The van der Waals surface area contributed by atoms with Gasteiger partial charge in [0, 0.05) is 4.47 Å². The van der Waals surface area contributed by atoms with Crippen molar-refractivity contribution in [1.82, 2.24) is 0 Å². The van der Waals surface area contributed by atoms with E-state index >= 15 is 0 Å². The Morgan fingerprint density at radius 3 is 2.86 bits per heavy atom. The number of aliphatic carboxylic acids is 1. The number of hydrogen-bond acceptors (Lipinski definition) is 2. The maximum absolute atomic E-state index is 10.6. The van der Waals surface area contributed by atoms with E-state index < -0.39 is 12.1 Å². The van der Waals surface area contributed by atoms with Crippen LogP contribution in [0.15, 0.2) is 22.7 Å². The number of hydrogen-bond donors (Lipinski definition) is 1. The topological polar surface area (TPSA) is 46.5 Å². The van der Waals surface area contributed by atoms with Crippen LogP contribution >= 0.6 is 38.5 Å². The summed E-state index contributed by atoms with van der Waals surface area (Å²) in [4.78, 5) is 10.6. The molecule has 3 nitrogen and oxygen atoms in total. The predicted molar refractivity (Wildman–Crippen MR) is 64.6 cm³/mol. The molecule has 0 aromatic heterocycles. The Morgan fingerprint density at radius 1 is 1.64 bits per heavy atom. The van der Waals surface area contributed by atoms with Gasteiger partial charge in [0.25, 0.3) is 0 Å². The second-order valence-corrected chi connectivity index (χ2v) is 4.75. The average molecular weight is 371 g/mol. The maximum Gasteiger partial charge on any atom is 0.344 e. The first-order valence-electron chi connectivity index (χ1n) is 3.85. The third kappa shape index (κ3) is 3.13. The second-order valence-electron chi connectivity index (χ2n) is 2.67. The fourth-order valence-electron chi connectivity index (χ4n) is 0.808. The SMILES string of the molecule is CC(Oc1cc(Br)ccc1I)C(=O)O. The summed E-state index contributed by atoms with van der Waals surface area (Å²) in [6.07, 6.45) is -0.835. The predicted octanol–water partition coefficient (Wildman–Crippen LogP) is 2.91. The van der Waals surface area contributed by atoms with Crippen LogP contribution in [0.2, 0.25) is 0 Å². The first-order valence-corrected chi connectivity index (χ1v) is 5.72. The number of ether oxygens (including phenoxy) is 1. The first-order chi connectivity index (χ1) is 6.50. The third-order valence-electron chi connectivity index (χ3n) is 1.54. The molecule has 0 saturated carbocycles. The zero-order valence-electron chi connectivity index (χ0n) is 7.33. The molecule has 0 bridgehead atoms. The van der Waals surface area contributed by atoms with Gasteiger partial charge in [0.2, 0.25) is 0 Å². The van der Waals surface area contributed by atoms with Crippen molar-refractivity contribution in [2.75, 3.05) is 0 Å². The minimum Gasteiger partial charge on any atom is -0.479 e. The van der Waals surface area contributed by atoms with E-state index in [1.54, 1.807) is 6.07 Å². The van der Waals surface area contributed by atoms with Gasteiger partial charge in [-0.25, -0.2) is 4.79 Å². The number of halogens is 2. The van der Waals surface area contributed by atoms with Crippen LogP contribution in [-0.4, -0.2) is 17.2 Å². The van der Waals surface area contributed by atoms with Crippen LogP contribution in [0.3, 0.4) is 0 Å². The van der Waals surface area contributed by atoms with Crippen LogP contribution in [0, 0.1) is 3.57 Å². The van der Waals surface area contributed by atoms with Crippen molar-refractivity contribution in [3.63, 3.8) is 0 Å². The van der Waals surface area contributed by atoms with Gasteiger partial charge in [0.1, 0.15) is 5.75 Å². The molecule has 0 radical (unpaired) electrons. The highest BCUT2D eigenvalue weighted by molar-refractivity contribution is 14.1. The van der Waals surface area contributed by atoms with Gasteiger partial charge in [0.05, 0.1) is 3.57 Å². The Kier molecular flexibility index (Phi) is 4.18. The lowest BCUT2D eigenvalue weighted by Crippen LogP contribution is -2.23. The van der Waals surface area contributed by atoms with Gasteiger partial charge in [-0.15, -0.1) is 0 Å². The van der Waals surface area contributed by atoms with Crippen LogP contribution in [0.5, 0.6) is 5.75 Å². The smallest absolute Gasteiger partial charge is 0.344 e. The molecule has 14 heavy (non-hydrogen) atoms. The summed E-state index contributed by atoms with van der Waals surface area (Å²) >= 11 is 5.39. The molecule has 1 N–H and O–H groups in total. The molecule has 0 aliphatic carbocycles. The van der Waals surface area contributed by atoms with Gasteiger partial charge in [0.15, 0.2) is 6.10 Å². The number of carboxylic acids is 1. The normalized spacial score (nSPS) is 12.2. The molecule has 5 heteroatoms. The molecule has 1 atom stereocenters. The minimum atomic E-state index is -0.972. The van der Waals surface area contributed by atoms with Crippen LogP contribution < -0.4 is 4.74 Å². The molecule has 76 valence electrons. The zero-order valence-corrected chi connectivity index (χ0v) is 11.1. The number of carboxylic acid groups (broad SMARTS) is 1. The highest BCUT2D eigenvalue weighted by Gasteiger charge is 2.14. The van der Waals surface area contributed by atoms with Crippen LogP contribution in [0.4, 0.5) is 0 Å². The number of carbonyl (C=O) groups is 1. The highest BCUT2D eigenvalue weighted by Crippen LogP contribution is 2.25. The number of benzene rings is 1. The zero-order chi connectivity index (χ0) is 10.7. The Morgan fingerprint density at radius 2 is 2.29 bits per heavy atom. The average Bonchev–Trinajstić information content (AvgIpc) is 2.11. The molecule has 0 aliphatic rings. The summed E-state index contributed by atoms with van der Waals surface area (Å²) in [5.41, 5.74) is 0. The maximum atomic E-state index is 10.6. The largest absolute Gasteiger partial charge is 0.479 e. The summed E-state index contributed by atoms with van der Waals surface area (Å²) in [5.74, 6) is -0.393. The van der Waals surface area contributed by atoms with E-state index in [2.05, 4.69) is 38.5 Å². The molecule has 0 heterocycles. The molecule has 0 saturated heterocycles. The quantitative estimate of drug-likeness (QED) is 0.832. The summed E-state index contributed by atoms with van der Waals surface area (Å²) in [7, 11) is 0. The summed E-state index contributed by atoms with van der Waals surface area (Å²) in [6, 6.07) is 5.48. The highest BCUT2D eigenvalue weighted by atomic mass is 127. The van der Waals surface area contributed by atoms with Gasteiger partial charge in [-0.2, -0.15) is 0 Å². The Bertz CT molecular complexity index is 354. The van der Waals surface area contributed by atoms with Gasteiger partial charge in [-0.1, -0.05) is 15.9 Å². The van der Waals surface area contributed by atoms with E-state index in [1.807, 2.05) is 12.1 Å². The van der Waals surface area contributed by atoms with Gasteiger partial charge >= 0.3 is 5.97 Å². The Labute approximate surface area is 104 Å². The van der Waals surface area contributed by atoms with Crippen molar-refractivity contribution in [1.29, 1.82) is 0 Å². The van der Waals surface area contributed by atoms with Gasteiger partial charge in [-0.3, -0.25) is 0 Å². The summed E-state index contributed by atoms with van der Waals surface area (Å²) < 4.78 is 7.00. The summed E-state index contributed by atoms with van der Waals surface area (Å²) in [5, 5.41) is 8.66. The van der Waals surface area contributed by atoms with E-state index in [9.17, 15) is 4.79 Å². The molecule has 0 spiro atoms. The van der Waals surface area contributed by atoms with Crippen molar-refractivity contribution in [3.05, 3.63) is 26.2 Å².